The molecule has 1 aromatic carbocycles. The zero-order chi connectivity index (χ0) is 14.1. The van der Waals surface area contributed by atoms with Crippen molar-refractivity contribution in [3.8, 4) is 0 Å². The van der Waals surface area contributed by atoms with Gasteiger partial charge in [0.25, 0.3) is 0 Å². The third kappa shape index (κ3) is 2.84. The van der Waals surface area contributed by atoms with Crippen LogP contribution < -0.4 is 0 Å². The molecule has 1 amide bonds. The fourth-order valence-corrected chi connectivity index (χ4v) is 2.82. The normalized spacial score (nSPS) is 24.2. The molecule has 0 aromatic heterocycles. The van der Waals surface area contributed by atoms with E-state index in [2.05, 4.69) is 12.1 Å². The second-order valence-corrected chi connectivity index (χ2v) is 5.77. The molecule has 0 heterocycles. The molecular weight excluding hydrogens is 254 g/mol. The smallest absolute Gasteiger partial charge is 0.305 e. The highest BCUT2D eigenvalue weighted by atomic mass is 16.4. The maximum Gasteiger partial charge on any atom is 0.305 e. The third-order valence-electron chi connectivity index (χ3n) is 4.17. The molecule has 106 valence electrons. The zero-order valence-corrected chi connectivity index (χ0v) is 11.4. The van der Waals surface area contributed by atoms with Crippen LogP contribution in [0, 0.1) is 5.92 Å². The Hall–Kier alpha value is -1.84. The van der Waals surface area contributed by atoms with Gasteiger partial charge in [-0.05, 0) is 30.7 Å². The second-order valence-electron chi connectivity index (χ2n) is 5.77. The molecule has 2 fully saturated rings. The van der Waals surface area contributed by atoms with Crippen molar-refractivity contribution < 1.29 is 14.7 Å². The first kappa shape index (κ1) is 13.2. The Morgan fingerprint density at radius 2 is 1.90 bits per heavy atom. The molecule has 2 atom stereocenters. The maximum atomic E-state index is 12.5. The summed E-state index contributed by atoms with van der Waals surface area (Å²) >= 11 is 0. The van der Waals surface area contributed by atoms with Crippen molar-refractivity contribution in [3.63, 3.8) is 0 Å². The average molecular weight is 273 g/mol. The highest BCUT2D eigenvalue weighted by molar-refractivity contribution is 5.84. The summed E-state index contributed by atoms with van der Waals surface area (Å²) in [5, 5.41) is 8.79. The minimum atomic E-state index is -0.834. The van der Waals surface area contributed by atoms with Crippen molar-refractivity contribution in [2.45, 2.75) is 37.6 Å². The number of amides is 1. The predicted molar refractivity (Wildman–Crippen MR) is 74.3 cm³/mol. The molecule has 20 heavy (non-hydrogen) atoms. The quantitative estimate of drug-likeness (QED) is 0.865. The van der Waals surface area contributed by atoms with Gasteiger partial charge in [-0.1, -0.05) is 30.3 Å². The van der Waals surface area contributed by atoms with Gasteiger partial charge >= 0.3 is 5.97 Å². The largest absolute Gasteiger partial charge is 0.481 e. The standard InChI is InChI=1S/C16H19NO3/c18-15(19)8-9-17(12-6-7-12)16(20)14-10-13(14)11-4-2-1-3-5-11/h1-5,12-14H,6-10H2,(H,18,19). The molecule has 0 spiro atoms. The molecule has 1 N–H and O–H groups in total. The van der Waals surface area contributed by atoms with Crippen molar-refractivity contribution in [1.29, 1.82) is 0 Å². The second kappa shape index (κ2) is 5.27. The molecule has 2 aliphatic carbocycles. The van der Waals surface area contributed by atoms with Gasteiger partial charge in [-0.15, -0.1) is 0 Å². The van der Waals surface area contributed by atoms with Gasteiger partial charge in [-0.3, -0.25) is 9.59 Å². The Morgan fingerprint density at radius 3 is 2.50 bits per heavy atom. The summed E-state index contributed by atoms with van der Waals surface area (Å²) in [6.45, 7) is 0.358. The molecule has 0 aliphatic heterocycles. The van der Waals surface area contributed by atoms with E-state index < -0.39 is 5.97 Å². The minimum Gasteiger partial charge on any atom is -0.481 e. The number of aliphatic carboxylic acids is 1. The van der Waals surface area contributed by atoms with E-state index in [0.717, 1.165) is 19.3 Å². The highest BCUT2D eigenvalue weighted by Gasteiger charge is 2.48. The average Bonchev–Trinajstić information content (AvgIpc) is 3.32. The number of hydrogen-bond donors (Lipinski definition) is 1. The van der Waals surface area contributed by atoms with Crippen LogP contribution >= 0.6 is 0 Å². The lowest BCUT2D eigenvalue weighted by molar-refractivity contribution is -0.139. The first-order valence-corrected chi connectivity index (χ1v) is 7.24. The Morgan fingerprint density at radius 1 is 1.20 bits per heavy atom. The van der Waals surface area contributed by atoms with E-state index in [9.17, 15) is 9.59 Å². The fourth-order valence-electron chi connectivity index (χ4n) is 2.82. The van der Waals surface area contributed by atoms with Crippen molar-refractivity contribution in [3.05, 3.63) is 35.9 Å². The topological polar surface area (TPSA) is 57.6 Å². The van der Waals surface area contributed by atoms with Gasteiger partial charge in [0.2, 0.25) is 5.91 Å². The molecule has 0 bridgehead atoms. The van der Waals surface area contributed by atoms with Crippen LogP contribution in [0.15, 0.2) is 30.3 Å². The van der Waals surface area contributed by atoms with Crippen molar-refractivity contribution in [2.24, 2.45) is 5.92 Å². The molecule has 3 rings (SSSR count). The van der Waals surface area contributed by atoms with Crippen molar-refractivity contribution in [1.82, 2.24) is 4.90 Å². The van der Waals surface area contributed by atoms with E-state index in [4.69, 9.17) is 5.11 Å². The number of carboxylic acid groups (broad SMARTS) is 1. The Labute approximate surface area is 118 Å². The molecule has 0 saturated heterocycles. The molecule has 2 saturated carbocycles. The SMILES string of the molecule is O=C(O)CCN(C(=O)C1CC1c1ccccc1)C1CC1. The van der Waals surface area contributed by atoms with Crippen molar-refractivity contribution in [2.75, 3.05) is 6.54 Å². The third-order valence-corrected chi connectivity index (χ3v) is 4.17. The number of hydrogen-bond acceptors (Lipinski definition) is 2. The van der Waals surface area contributed by atoms with Crippen LogP contribution in [0.3, 0.4) is 0 Å². The summed E-state index contributed by atoms with van der Waals surface area (Å²) in [6.07, 6.45) is 2.99. The summed E-state index contributed by atoms with van der Waals surface area (Å²) in [4.78, 5) is 25.0. The molecule has 0 radical (unpaired) electrons. The van der Waals surface area contributed by atoms with E-state index in [0.29, 0.717) is 18.5 Å². The van der Waals surface area contributed by atoms with Gasteiger partial charge in [0, 0.05) is 18.5 Å². The van der Waals surface area contributed by atoms with Gasteiger partial charge < -0.3 is 10.0 Å². The lowest BCUT2D eigenvalue weighted by atomic mass is 10.1. The summed E-state index contributed by atoms with van der Waals surface area (Å²) in [5.41, 5.74) is 1.22. The van der Waals surface area contributed by atoms with Gasteiger partial charge in [0.15, 0.2) is 0 Å². The Balaban J connectivity index is 1.62. The van der Waals surface area contributed by atoms with Crippen LogP contribution in [0.4, 0.5) is 0 Å². The van der Waals surface area contributed by atoms with Crippen LogP contribution in [-0.2, 0) is 9.59 Å². The first-order chi connectivity index (χ1) is 9.66. The van der Waals surface area contributed by atoms with Crippen LogP contribution in [0.5, 0.6) is 0 Å². The summed E-state index contributed by atoms with van der Waals surface area (Å²) < 4.78 is 0. The molecule has 1 aromatic rings. The summed E-state index contributed by atoms with van der Waals surface area (Å²) in [5.74, 6) is -0.289. The number of carbonyl (C=O) groups is 2. The summed E-state index contributed by atoms with van der Waals surface area (Å²) in [7, 11) is 0. The Bertz CT molecular complexity index is 510. The number of rotatable bonds is 6. The monoisotopic (exact) mass is 273 g/mol. The molecule has 2 aliphatic rings. The fraction of sp³-hybridized carbons (Fsp3) is 0.500. The van der Waals surface area contributed by atoms with E-state index in [1.54, 1.807) is 0 Å². The highest BCUT2D eigenvalue weighted by Crippen LogP contribution is 2.49. The number of benzene rings is 1. The number of nitrogens with zero attached hydrogens (tertiary/aromatic N) is 1. The van der Waals surface area contributed by atoms with Gasteiger partial charge in [0.05, 0.1) is 6.42 Å². The van der Waals surface area contributed by atoms with Crippen LogP contribution in [0.2, 0.25) is 0 Å². The number of carbonyl (C=O) groups excluding carboxylic acids is 1. The van der Waals surface area contributed by atoms with Crippen LogP contribution in [-0.4, -0.2) is 34.5 Å². The van der Waals surface area contributed by atoms with E-state index in [-0.39, 0.29) is 18.2 Å². The van der Waals surface area contributed by atoms with E-state index in [1.807, 2.05) is 23.1 Å². The molecule has 4 nitrogen and oxygen atoms in total. The molecular formula is C16H19NO3. The van der Waals surface area contributed by atoms with Gasteiger partial charge in [0.1, 0.15) is 0 Å². The predicted octanol–water partition coefficient (Wildman–Crippen LogP) is 2.26. The zero-order valence-electron chi connectivity index (χ0n) is 11.4. The lowest BCUT2D eigenvalue weighted by Crippen LogP contribution is -2.36. The van der Waals surface area contributed by atoms with E-state index >= 15 is 0 Å². The minimum absolute atomic E-state index is 0.0466. The Kier molecular flexibility index (Phi) is 3.47. The number of carboxylic acids is 1. The maximum absolute atomic E-state index is 12.5. The van der Waals surface area contributed by atoms with Crippen LogP contribution in [0.25, 0.3) is 0 Å². The van der Waals surface area contributed by atoms with Gasteiger partial charge in [-0.2, -0.15) is 0 Å². The van der Waals surface area contributed by atoms with Crippen LogP contribution in [0.1, 0.15) is 37.2 Å². The van der Waals surface area contributed by atoms with E-state index in [1.165, 1.54) is 5.56 Å². The van der Waals surface area contributed by atoms with Gasteiger partial charge in [-0.25, -0.2) is 0 Å². The first-order valence-electron chi connectivity index (χ1n) is 7.24. The van der Waals surface area contributed by atoms with Crippen molar-refractivity contribution >= 4 is 11.9 Å². The lowest BCUT2D eigenvalue weighted by Gasteiger charge is -2.21. The summed E-state index contributed by atoms with van der Waals surface area (Å²) in [6, 6.07) is 10.4. The molecule has 4 heteroatoms. The molecule has 2 unspecified atom stereocenters.